The van der Waals surface area contributed by atoms with Crippen LogP contribution in [0.15, 0.2) is 85.1 Å². The second-order valence-electron chi connectivity index (χ2n) is 10.1. The number of hydrazine groups is 1. The lowest BCUT2D eigenvalue weighted by Gasteiger charge is -2.29. The Morgan fingerprint density at radius 2 is 1.66 bits per heavy atom. The number of halogens is 1. The minimum absolute atomic E-state index is 0.0443. The van der Waals surface area contributed by atoms with Crippen LogP contribution in [-0.4, -0.2) is 47.4 Å². The fourth-order valence-corrected chi connectivity index (χ4v) is 4.84. The van der Waals surface area contributed by atoms with Gasteiger partial charge in [-0.1, -0.05) is 61.8 Å². The largest absolute Gasteiger partial charge is 0.391 e. The molecule has 3 aromatic carbocycles. The molecule has 0 aliphatic rings. The number of para-hydroxylation sites is 1. The molecule has 1 heterocycles. The van der Waals surface area contributed by atoms with E-state index in [4.69, 9.17) is 9.68 Å². The van der Waals surface area contributed by atoms with Gasteiger partial charge in [0, 0.05) is 43.8 Å². The van der Waals surface area contributed by atoms with Gasteiger partial charge < -0.3 is 14.6 Å². The molecular weight excluding hydrogens is 521 g/mol. The van der Waals surface area contributed by atoms with Crippen molar-refractivity contribution in [1.29, 1.82) is 0 Å². The minimum atomic E-state index is -0.225. The number of carbonyl (C=O) groups is 1. The van der Waals surface area contributed by atoms with Crippen molar-refractivity contribution in [3.05, 3.63) is 102 Å². The van der Waals surface area contributed by atoms with Crippen molar-refractivity contribution < 1.29 is 18.9 Å². The number of hydrogen-bond acceptors (Lipinski definition) is 7. The molecule has 9 heteroatoms. The van der Waals surface area contributed by atoms with Gasteiger partial charge in [-0.3, -0.25) is 14.7 Å². The zero-order chi connectivity index (χ0) is 29.0. The summed E-state index contributed by atoms with van der Waals surface area (Å²) in [7, 11) is 1.84. The molecule has 0 aliphatic carbocycles. The van der Waals surface area contributed by atoms with Crippen LogP contribution in [0.1, 0.15) is 42.6 Å². The van der Waals surface area contributed by atoms with Crippen LogP contribution < -0.4 is 20.9 Å². The van der Waals surface area contributed by atoms with Crippen LogP contribution >= 0.6 is 0 Å². The van der Waals surface area contributed by atoms with E-state index in [2.05, 4.69) is 34.9 Å². The summed E-state index contributed by atoms with van der Waals surface area (Å²) in [5, 5.41) is 0.964. The van der Waals surface area contributed by atoms with E-state index in [9.17, 15) is 9.18 Å². The van der Waals surface area contributed by atoms with Crippen molar-refractivity contribution in [2.75, 3.05) is 26.7 Å². The molecule has 1 amide bonds. The first kappa shape index (κ1) is 29.9. The van der Waals surface area contributed by atoms with Crippen LogP contribution in [0, 0.1) is 11.7 Å². The molecule has 0 saturated heterocycles. The third-order valence-electron chi connectivity index (χ3n) is 6.93. The molecule has 0 radical (unpaired) electrons. The number of hydrogen-bond donors (Lipinski definition) is 2. The Kier molecular flexibility index (Phi) is 11.0. The second kappa shape index (κ2) is 15.1. The average Bonchev–Trinajstić information content (AvgIpc) is 3.00. The molecule has 1 atom stereocenters. The van der Waals surface area contributed by atoms with Gasteiger partial charge in [0.05, 0.1) is 0 Å². The van der Waals surface area contributed by atoms with Gasteiger partial charge in [0.15, 0.2) is 5.75 Å². The van der Waals surface area contributed by atoms with Crippen molar-refractivity contribution in [1.82, 2.24) is 26.0 Å². The molecule has 0 saturated carbocycles. The van der Waals surface area contributed by atoms with E-state index in [0.717, 1.165) is 48.9 Å². The molecular formula is C32H38FN5O3. The summed E-state index contributed by atoms with van der Waals surface area (Å²) in [4.78, 5) is 32.7. The lowest BCUT2D eigenvalue weighted by atomic mass is 10.0. The molecule has 41 heavy (non-hydrogen) atoms. The van der Waals surface area contributed by atoms with Crippen molar-refractivity contribution in [2.24, 2.45) is 5.92 Å². The molecule has 0 fully saturated rings. The predicted octanol–water partition coefficient (Wildman–Crippen LogP) is 5.77. The highest BCUT2D eigenvalue weighted by molar-refractivity contribution is 5.94. The van der Waals surface area contributed by atoms with Crippen LogP contribution in [-0.2, 0) is 6.54 Å². The Hall–Kier alpha value is -4.05. The maximum Gasteiger partial charge on any atom is 0.253 e. The molecule has 4 rings (SSSR count). The summed E-state index contributed by atoms with van der Waals surface area (Å²) < 4.78 is 13.3. The first-order valence-electron chi connectivity index (χ1n) is 14.0. The summed E-state index contributed by atoms with van der Waals surface area (Å²) in [6.45, 7) is 7.43. The number of aromatic nitrogens is 1. The smallest absolute Gasteiger partial charge is 0.253 e. The van der Waals surface area contributed by atoms with Gasteiger partial charge in [-0.25, -0.2) is 4.39 Å². The third kappa shape index (κ3) is 8.72. The monoisotopic (exact) mass is 559 g/mol. The highest BCUT2D eigenvalue weighted by Gasteiger charge is 2.19. The van der Waals surface area contributed by atoms with Gasteiger partial charge in [0.2, 0.25) is 0 Å². The van der Waals surface area contributed by atoms with Gasteiger partial charge in [-0.15, -0.1) is 0 Å². The zero-order valence-corrected chi connectivity index (χ0v) is 23.8. The van der Waals surface area contributed by atoms with E-state index in [1.54, 1.807) is 41.4 Å². The van der Waals surface area contributed by atoms with Crippen molar-refractivity contribution in [2.45, 2.75) is 33.2 Å². The average molecular weight is 560 g/mol. The summed E-state index contributed by atoms with van der Waals surface area (Å²) in [5.74, 6) is 1.12. The van der Waals surface area contributed by atoms with Gasteiger partial charge in [-0.05, 0) is 73.0 Å². The number of nitrogens with one attached hydrogen (secondary N) is 2. The Labute approximate surface area is 241 Å². The number of fused-ring (bicyclic) bond motifs is 1. The Morgan fingerprint density at radius 3 is 2.39 bits per heavy atom. The first-order chi connectivity index (χ1) is 20.0. The maximum absolute atomic E-state index is 13.3. The number of pyridine rings is 1. The fraction of sp³-hybridized carbons (Fsp3) is 0.312. The molecule has 2 N–H and O–H groups in total. The van der Waals surface area contributed by atoms with E-state index in [1.807, 2.05) is 43.4 Å². The number of amides is 1. The first-order valence-corrected chi connectivity index (χ1v) is 14.0. The minimum Gasteiger partial charge on any atom is -0.391 e. The molecule has 0 spiro atoms. The fourth-order valence-electron chi connectivity index (χ4n) is 4.84. The molecule has 0 bridgehead atoms. The van der Waals surface area contributed by atoms with E-state index < -0.39 is 0 Å². The SMILES string of the molecule is CCCC(CN(CC)Cc1ccc(F)cc1)CN(C)C(=O)c1ccc(ONNOc2cccc3cccnc23)cc1. The highest BCUT2D eigenvalue weighted by Crippen LogP contribution is 2.22. The summed E-state index contributed by atoms with van der Waals surface area (Å²) in [6.07, 6.45) is 3.76. The van der Waals surface area contributed by atoms with E-state index in [-0.39, 0.29) is 11.7 Å². The van der Waals surface area contributed by atoms with Crippen molar-refractivity contribution in [3.8, 4) is 11.5 Å². The van der Waals surface area contributed by atoms with Crippen LogP contribution in [0.4, 0.5) is 4.39 Å². The standard InChI is InChI=1S/C32H38FN5O3/c1-4-8-25(23-38(5-2)22-24-12-16-28(33)17-13-24)21-37(3)32(39)27-14-18-29(19-15-27)40-35-36-41-30-11-6-9-26-10-7-20-34-31(26)30/h6-7,9-20,25,35-36H,4-5,8,21-23H2,1-3H3. The molecule has 8 nitrogen and oxygen atoms in total. The number of carbonyl (C=O) groups excluding carboxylic acids is 1. The number of rotatable bonds is 15. The van der Waals surface area contributed by atoms with Gasteiger partial charge in [-0.2, -0.15) is 0 Å². The molecule has 1 aromatic heterocycles. The number of benzene rings is 3. The van der Waals surface area contributed by atoms with E-state index in [0.29, 0.717) is 29.5 Å². The van der Waals surface area contributed by atoms with E-state index in [1.165, 1.54) is 12.1 Å². The van der Waals surface area contributed by atoms with E-state index >= 15 is 0 Å². The van der Waals surface area contributed by atoms with Crippen molar-refractivity contribution >= 4 is 16.8 Å². The molecule has 4 aromatic rings. The third-order valence-corrected chi connectivity index (χ3v) is 6.93. The van der Waals surface area contributed by atoms with Crippen LogP contribution in [0.25, 0.3) is 10.9 Å². The van der Waals surface area contributed by atoms with Crippen LogP contribution in [0.5, 0.6) is 11.5 Å². The second-order valence-corrected chi connectivity index (χ2v) is 10.1. The molecule has 1 unspecified atom stereocenters. The zero-order valence-electron chi connectivity index (χ0n) is 23.8. The number of nitrogens with zero attached hydrogens (tertiary/aromatic N) is 3. The van der Waals surface area contributed by atoms with Crippen molar-refractivity contribution in [3.63, 3.8) is 0 Å². The Balaban J connectivity index is 1.26. The quantitative estimate of drug-likeness (QED) is 0.142. The van der Waals surface area contributed by atoms with Gasteiger partial charge in [0.1, 0.15) is 17.1 Å². The Morgan fingerprint density at radius 1 is 0.927 bits per heavy atom. The maximum atomic E-state index is 13.3. The summed E-state index contributed by atoms with van der Waals surface area (Å²) in [5.41, 5.74) is 7.51. The van der Waals surface area contributed by atoms with Gasteiger partial charge >= 0.3 is 0 Å². The topological polar surface area (TPSA) is 79.0 Å². The lowest BCUT2D eigenvalue weighted by Crippen LogP contribution is -2.38. The van der Waals surface area contributed by atoms with Gasteiger partial charge in [0.25, 0.3) is 5.91 Å². The van der Waals surface area contributed by atoms with Crippen LogP contribution in [0.3, 0.4) is 0 Å². The summed E-state index contributed by atoms with van der Waals surface area (Å²) >= 11 is 0. The molecule has 0 aliphatic heterocycles. The lowest BCUT2D eigenvalue weighted by molar-refractivity contribution is 0.0221. The highest BCUT2D eigenvalue weighted by atomic mass is 19.1. The summed E-state index contributed by atoms with van der Waals surface area (Å²) in [6, 6.07) is 23.1. The molecule has 216 valence electrons. The Bertz CT molecular complexity index is 1380. The van der Waals surface area contributed by atoms with Crippen LogP contribution in [0.2, 0.25) is 0 Å². The normalized spacial score (nSPS) is 11.9. The predicted molar refractivity (Wildman–Crippen MR) is 158 cm³/mol.